The van der Waals surface area contributed by atoms with Crippen molar-refractivity contribution in [2.24, 2.45) is 0 Å². The van der Waals surface area contributed by atoms with Gasteiger partial charge in [-0.25, -0.2) is 4.98 Å². The molecule has 1 unspecified atom stereocenters. The number of aliphatic hydroxyl groups excluding tert-OH is 1. The molecule has 0 saturated carbocycles. The molecule has 2 heterocycles. The van der Waals surface area contributed by atoms with Crippen LogP contribution in [0.5, 0.6) is 0 Å². The van der Waals surface area contributed by atoms with Crippen LogP contribution in [0.2, 0.25) is 0 Å². The van der Waals surface area contributed by atoms with Gasteiger partial charge in [0.1, 0.15) is 19.0 Å². The summed E-state index contributed by atoms with van der Waals surface area (Å²) in [6.07, 6.45) is 0. The summed E-state index contributed by atoms with van der Waals surface area (Å²) in [5, 5.41) is 14.4. The van der Waals surface area contributed by atoms with Crippen molar-refractivity contribution in [1.29, 1.82) is 0 Å². The number of nitrogens with zero attached hydrogens (tertiary/aromatic N) is 2. The van der Waals surface area contributed by atoms with Crippen molar-refractivity contribution in [3.8, 4) is 0 Å². The van der Waals surface area contributed by atoms with Crippen LogP contribution in [0.15, 0.2) is 41.8 Å². The number of carbonyl (C=O) groups excluding carboxylic acids is 1. The average molecular weight is 315 g/mol. The van der Waals surface area contributed by atoms with E-state index in [9.17, 15) is 9.90 Å². The molecule has 3 aromatic rings. The average Bonchev–Trinajstić information content (AvgIpc) is 3.15. The van der Waals surface area contributed by atoms with E-state index in [1.165, 1.54) is 0 Å². The molecule has 0 fully saturated rings. The van der Waals surface area contributed by atoms with Crippen molar-refractivity contribution in [2.75, 3.05) is 0 Å². The Morgan fingerprint density at radius 3 is 2.91 bits per heavy atom. The Kier molecular flexibility index (Phi) is 4.22. The van der Waals surface area contributed by atoms with E-state index in [0.29, 0.717) is 5.82 Å². The predicted octanol–water partition coefficient (Wildman–Crippen LogP) is 2.47. The molecule has 22 heavy (non-hydrogen) atoms. The highest BCUT2D eigenvalue weighted by atomic mass is 32.1. The van der Waals surface area contributed by atoms with Crippen molar-refractivity contribution in [2.45, 2.75) is 26.1 Å². The van der Waals surface area contributed by atoms with Gasteiger partial charge in [0.05, 0.1) is 17.1 Å². The zero-order valence-corrected chi connectivity index (χ0v) is 13.0. The van der Waals surface area contributed by atoms with E-state index in [4.69, 9.17) is 0 Å². The number of imidazole rings is 1. The molecular formula is C16H17N3O2S. The first-order chi connectivity index (χ1) is 10.7. The minimum atomic E-state index is -0.192. The molecule has 0 bridgehead atoms. The molecule has 5 nitrogen and oxygen atoms in total. The first-order valence-corrected chi connectivity index (χ1v) is 7.94. The number of carbonyl (C=O) groups is 1. The number of aliphatic hydroxyl groups is 1. The number of thiophene rings is 1. The Hall–Kier alpha value is -2.18. The quantitative estimate of drug-likeness (QED) is 0.760. The van der Waals surface area contributed by atoms with E-state index >= 15 is 0 Å². The first kappa shape index (κ1) is 14.7. The Bertz CT molecular complexity index is 780. The summed E-state index contributed by atoms with van der Waals surface area (Å²) in [5.74, 6) is 0.402. The molecule has 0 aliphatic carbocycles. The van der Waals surface area contributed by atoms with Crippen LogP contribution in [0.3, 0.4) is 0 Å². The zero-order chi connectivity index (χ0) is 15.5. The molecule has 114 valence electrons. The second-order valence-corrected chi connectivity index (χ2v) is 6.04. The monoisotopic (exact) mass is 315 g/mol. The lowest BCUT2D eigenvalue weighted by atomic mass is 10.2. The summed E-state index contributed by atoms with van der Waals surface area (Å²) >= 11 is 1.62. The SMILES string of the molecule is CC(NC(=O)Cn1c(CO)nc2ccccc21)c1cccs1. The van der Waals surface area contributed by atoms with Gasteiger partial charge in [-0.15, -0.1) is 11.3 Å². The maximum Gasteiger partial charge on any atom is 0.240 e. The molecule has 1 atom stereocenters. The van der Waals surface area contributed by atoms with Crippen LogP contribution < -0.4 is 5.32 Å². The molecule has 0 radical (unpaired) electrons. The Morgan fingerprint density at radius 2 is 2.18 bits per heavy atom. The van der Waals surface area contributed by atoms with Crippen LogP contribution in [-0.2, 0) is 17.9 Å². The number of para-hydroxylation sites is 2. The van der Waals surface area contributed by atoms with E-state index in [1.807, 2.05) is 48.7 Å². The normalized spacial score (nSPS) is 12.5. The fraction of sp³-hybridized carbons (Fsp3) is 0.250. The highest BCUT2D eigenvalue weighted by Gasteiger charge is 2.15. The van der Waals surface area contributed by atoms with Crippen LogP contribution >= 0.6 is 11.3 Å². The number of benzene rings is 1. The predicted molar refractivity (Wildman–Crippen MR) is 86.5 cm³/mol. The number of amides is 1. The highest BCUT2D eigenvalue weighted by molar-refractivity contribution is 7.10. The van der Waals surface area contributed by atoms with Gasteiger partial charge in [0.25, 0.3) is 0 Å². The number of hydrogen-bond donors (Lipinski definition) is 2. The number of hydrogen-bond acceptors (Lipinski definition) is 4. The van der Waals surface area contributed by atoms with Gasteiger partial charge < -0.3 is 15.0 Å². The minimum Gasteiger partial charge on any atom is -0.388 e. The second-order valence-electron chi connectivity index (χ2n) is 5.07. The topological polar surface area (TPSA) is 67.2 Å². The fourth-order valence-electron chi connectivity index (χ4n) is 2.46. The Morgan fingerprint density at radius 1 is 1.36 bits per heavy atom. The van der Waals surface area contributed by atoms with Gasteiger partial charge >= 0.3 is 0 Å². The Labute approximate surface area is 132 Å². The maximum absolute atomic E-state index is 12.3. The third-order valence-corrected chi connectivity index (χ3v) is 4.58. The Balaban J connectivity index is 1.79. The van der Waals surface area contributed by atoms with Gasteiger partial charge in [0.15, 0.2) is 0 Å². The van der Waals surface area contributed by atoms with Crippen LogP contribution in [0.25, 0.3) is 11.0 Å². The summed E-state index contributed by atoms with van der Waals surface area (Å²) in [5.41, 5.74) is 1.64. The van der Waals surface area contributed by atoms with Crippen LogP contribution in [-0.4, -0.2) is 20.6 Å². The molecule has 0 saturated heterocycles. The lowest BCUT2D eigenvalue weighted by molar-refractivity contribution is -0.122. The zero-order valence-electron chi connectivity index (χ0n) is 12.2. The van der Waals surface area contributed by atoms with Crippen LogP contribution in [0.1, 0.15) is 23.7 Å². The number of nitrogens with one attached hydrogen (secondary N) is 1. The van der Waals surface area contributed by atoms with Crippen molar-refractivity contribution in [3.63, 3.8) is 0 Å². The maximum atomic E-state index is 12.3. The van der Waals surface area contributed by atoms with E-state index in [-0.39, 0.29) is 25.1 Å². The molecule has 0 aliphatic heterocycles. The second kappa shape index (κ2) is 6.29. The fourth-order valence-corrected chi connectivity index (χ4v) is 3.20. The lowest BCUT2D eigenvalue weighted by Gasteiger charge is -2.13. The van der Waals surface area contributed by atoms with Crippen LogP contribution in [0.4, 0.5) is 0 Å². The number of rotatable bonds is 5. The highest BCUT2D eigenvalue weighted by Crippen LogP contribution is 2.19. The van der Waals surface area contributed by atoms with Gasteiger partial charge in [-0.2, -0.15) is 0 Å². The van der Waals surface area contributed by atoms with E-state index < -0.39 is 0 Å². The third kappa shape index (κ3) is 2.88. The van der Waals surface area contributed by atoms with Gasteiger partial charge in [-0.3, -0.25) is 4.79 Å². The van der Waals surface area contributed by atoms with E-state index in [2.05, 4.69) is 10.3 Å². The lowest BCUT2D eigenvalue weighted by Crippen LogP contribution is -2.30. The summed E-state index contributed by atoms with van der Waals surface area (Å²) in [6.45, 7) is 1.91. The summed E-state index contributed by atoms with van der Waals surface area (Å²) in [4.78, 5) is 17.8. The minimum absolute atomic E-state index is 0.0279. The van der Waals surface area contributed by atoms with Crippen molar-refractivity contribution >= 4 is 28.3 Å². The number of fused-ring (bicyclic) bond motifs is 1. The molecular weight excluding hydrogens is 298 g/mol. The van der Waals surface area contributed by atoms with Gasteiger partial charge in [-0.05, 0) is 30.5 Å². The van der Waals surface area contributed by atoms with Gasteiger partial charge in [0, 0.05) is 4.88 Å². The van der Waals surface area contributed by atoms with Crippen molar-refractivity contribution in [1.82, 2.24) is 14.9 Å². The molecule has 3 rings (SSSR count). The largest absolute Gasteiger partial charge is 0.388 e. The van der Waals surface area contributed by atoms with Crippen molar-refractivity contribution in [3.05, 3.63) is 52.5 Å². The number of aromatic nitrogens is 2. The summed E-state index contributed by atoms with van der Waals surface area (Å²) < 4.78 is 1.76. The molecule has 1 amide bonds. The van der Waals surface area contributed by atoms with Gasteiger partial charge in [0.2, 0.25) is 5.91 Å². The molecule has 0 spiro atoms. The molecule has 2 N–H and O–H groups in total. The van der Waals surface area contributed by atoms with Gasteiger partial charge in [-0.1, -0.05) is 18.2 Å². The standard InChI is InChI=1S/C16H17N3O2S/c1-11(14-7-4-8-22-14)17-16(21)9-19-13-6-3-2-5-12(13)18-15(19)10-20/h2-8,11,20H,9-10H2,1H3,(H,17,21). The van der Waals surface area contributed by atoms with Crippen LogP contribution in [0, 0.1) is 0 Å². The third-order valence-electron chi connectivity index (χ3n) is 3.52. The molecule has 2 aromatic heterocycles. The molecule has 0 aliphatic rings. The smallest absolute Gasteiger partial charge is 0.240 e. The first-order valence-electron chi connectivity index (χ1n) is 7.07. The van der Waals surface area contributed by atoms with E-state index in [0.717, 1.165) is 15.9 Å². The molecule has 6 heteroatoms. The van der Waals surface area contributed by atoms with Crippen molar-refractivity contribution < 1.29 is 9.90 Å². The molecule has 1 aromatic carbocycles. The van der Waals surface area contributed by atoms with E-state index in [1.54, 1.807) is 15.9 Å². The summed E-state index contributed by atoms with van der Waals surface area (Å²) in [6, 6.07) is 11.5. The summed E-state index contributed by atoms with van der Waals surface area (Å²) in [7, 11) is 0.